The number of carboxylic acid groups (broad SMARTS) is 1. The summed E-state index contributed by atoms with van der Waals surface area (Å²) in [7, 11) is 0. The van der Waals surface area contributed by atoms with E-state index >= 15 is 0 Å². The van der Waals surface area contributed by atoms with Crippen molar-refractivity contribution >= 4 is 59.9 Å². The molecule has 0 aliphatic carbocycles. The molecule has 1 aromatic heterocycles. The maximum Gasteiger partial charge on any atom is 0.326 e. The van der Waals surface area contributed by atoms with Gasteiger partial charge in [0.05, 0.1) is 0 Å². The molecule has 3 atom stereocenters. The number of aromatic nitrogens is 1. The van der Waals surface area contributed by atoms with Crippen LogP contribution in [0.4, 0.5) is 0 Å². The first-order chi connectivity index (χ1) is 23.3. The van der Waals surface area contributed by atoms with Crippen molar-refractivity contribution < 1.29 is 33.9 Å². The molecule has 3 aromatic rings. The van der Waals surface area contributed by atoms with E-state index in [-0.39, 0.29) is 44.6 Å². The summed E-state index contributed by atoms with van der Waals surface area (Å²) in [5, 5.41) is 22.5. The Bertz CT molecular complexity index is 1720. The zero-order valence-electron chi connectivity index (χ0n) is 27.6. The van der Waals surface area contributed by atoms with Crippen LogP contribution in [0.25, 0.3) is 15.3 Å². The number of fused-ring (bicyclic) bond motifs is 1. The Morgan fingerprint density at radius 1 is 0.837 bits per heavy atom. The van der Waals surface area contributed by atoms with Gasteiger partial charge >= 0.3 is 165 Å². The molecule has 0 aliphatic rings. The summed E-state index contributed by atoms with van der Waals surface area (Å²) in [5.74, 6) is -4.42. The maximum absolute atomic E-state index is 12.9. The van der Waals surface area contributed by atoms with Crippen LogP contribution in [0.1, 0.15) is 56.8 Å². The van der Waals surface area contributed by atoms with Crippen LogP contribution in [0.5, 0.6) is 0 Å². The predicted octanol–water partition coefficient (Wildman–Crippen LogP) is -0.372. The molecule has 16 heteroatoms. The van der Waals surface area contributed by atoms with E-state index in [1.807, 2.05) is 26.0 Å². The van der Waals surface area contributed by atoms with Crippen LogP contribution in [0.2, 0.25) is 0 Å². The van der Waals surface area contributed by atoms with Crippen LogP contribution in [-0.2, 0) is 24.0 Å². The second kappa shape index (κ2) is 18.7. The smallest absolute Gasteiger partial charge is 0.326 e. The zero-order valence-corrected chi connectivity index (χ0v) is 29.3. The molecule has 264 valence electrons. The number of hydrogen-bond acceptors (Lipinski definition) is 8. The predicted molar refractivity (Wildman–Crippen MR) is 183 cm³/mol. The fraction of sp³-hybridized carbons (Fsp3) is 0.424. The van der Waals surface area contributed by atoms with E-state index in [0.717, 1.165) is 4.26 Å². The fourth-order valence-corrected chi connectivity index (χ4v) is 6.88. The molecule has 0 unspecified atom stereocenters. The van der Waals surface area contributed by atoms with E-state index in [0.29, 0.717) is 30.5 Å². The Labute approximate surface area is 289 Å². The average Bonchev–Trinajstić information content (AvgIpc) is 3.41. The van der Waals surface area contributed by atoms with Crippen molar-refractivity contribution in [3.63, 3.8) is 0 Å². The third-order valence-corrected chi connectivity index (χ3v) is 9.70. The number of nitrogens with two attached hydrogens (primary N) is 1. The van der Waals surface area contributed by atoms with Gasteiger partial charge in [0.15, 0.2) is 0 Å². The molecule has 49 heavy (non-hydrogen) atoms. The second-order valence-electron chi connectivity index (χ2n) is 11.9. The molecule has 1 heterocycles. The SMILES string of the molecule is CC(C)C[C@@H](NC(=O)[C@@H](CCCCN)NC(=O)[C@@H](C)NC(=O)CNC(=O)CNC(=O)c1cccc(-n2[se]c3ccccc3c2=O)c1)C(=O)O. The second-order valence-corrected chi connectivity index (χ2v) is 13.9. The van der Waals surface area contributed by atoms with Crippen molar-refractivity contribution in [2.45, 2.75) is 64.6 Å². The Balaban J connectivity index is 1.48. The standard InChI is InChI=1S/C33H43N7O8Se/c1-19(2)15-25(33(47)48)39-31(45)24(12-6-7-14-34)38-29(43)20(3)37-28(42)18-35-27(41)17-36-30(44)21-9-8-10-22(16-21)40-32(46)23-11-4-5-13-26(23)49-40/h4-5,8-11,13,16,19-20,24-25H,6-7,12,14-15,17-18,34H2,1-3H3,(H,35,41)(H,36,44)(H,37,42)(H,38,43)(H,39,45)(H,47,48)/t20-,24-,25-/m1/s1. The van der Waals surface area contributed by atoms with Crippen LogP contribution in [-0.4, -0.2) is 96.7 Å². The molecule has 3 rings (SSSR count). The number of carbonyl (C=O) groups excluding carboxylic acids is 5. The number of carbonyl (C=O) groups is 6. The van der Waals surface area contributed by atoms with Gasteiger partial charge in [-0.1, -0.05) is 13.8 Å². The number of benzene rings is 2. The molecule has 5 amide bonds. The van der Waals surface area contributed by atoms with E-state index in [1.54, 1.807) is 40.0 Å². The molecule has 15 nitrogen and oxygen atoms in total. The largest absolute Gasteiger partial charge is 0.480 e. The summed E-state index contributed by atoms with van der Waals surface area (Å²) in [5.41, 5.74) is 6.21. The summed E-state index contributed by atoms with van der Waals surface area (Å²) in [6, 6.07) is 10.6. The maximum atomic E-state index is 12.9. The summed E-state index contributed by atoms with van der Waals surface area (Å²) in [4.78, 5) is 87.8. The Morgan fingerprint density at radius 3 is 2.20 bits per heavy atom. The summed E-state index contributed by atoms with van der Waals surface area (Å²) < 4.78 is 2.57. The fourth-order valence-electron chi connectivity index (χ4n) is 4.80. The first kappa shape index (κ1) is 38.7. The molecule has 0 aliphatic heterocycles. The number of unbranched alkanes of at least 4 members (excludes halogenated alkanes) is 1. The van der Waals surface area contributed by atoms with Crippen LogP contribution in [0.3, 0.4) is 0 Å². The van der Waals surface area contributed by atoms with Gasteiger partial charge in [0.1, 0.15) is 18.1 Å². The van der Waals surface area contributed by atoms with Crippen LogP contribution < -0.4 is 37.9 Å². The van der Waals surface area contributed by atoms with Gasteiger partial charge in [0.25, 0.3) is 0 Å². The first-order valence-corrected chi connectivity index (χ1v) is 17.5. The number of nitrogens with zero attached hydrogens (tertiary/aromatic N) is 1. The molecule has 0 saturated heterocycles. The van der Waals surface area contributed by atoms with E-state index in [4.69, 9.17) is 5.73 Å². The molecule has 0 bridgehead atoms. The van der Waals surface area contributed by atoms with Crippen molar-refractivity contribution in [3.8, 4) is 5.69 Å². The van der Waals surface area contributed by atoms with Gasteiger partial charge in [-0.25, -0.2) is 4.79 Å². The topological polar surface area (TPSA) is 231 Å². The number of amides is 5. The van der Waals surface area contributed by atoms with E-state index in [2.05, 4.69) is 26.6 Å². The van der Waals surface area contributed by atoms with Gasteiger partial charge in [-0.2, -0.15) is 0 Å². The van der Waals surface area contributed by atoms with Gasteiger partial charge in [0, 0.05) is 0 Å². The van der Waals surface area contributed by atoms with Gasteiger partial charge in [-0.15, -0.1) is 0 Å². The van der Waals surface area contributed by atoms with E-state index in [9.17, 15) is 38.7 Å². The average molecular weight is 745 g/mol. The molecular formula is C33H43N7O8Se. The minimum atomic E-state index is -1.19. The summed E-state index contributed by atoms with van der Waals surface area (Å²) >= 11 is -0.277. The Morgan fingerprint density at radius 2 is 1.53 bits per heavy atom. The first-order valence-electron chi connectivity index (χ1n) is 15.9. The van der Waals surface area contributed by atoms with Crippen LogP contribution in [0, 0.1) is 5.92 Å². The molecule has 0 spiro atoms. The van der Waals surface area contributed by atoms with Gasteiger partial charge in [0.2, 0.25) is 11.8 Å². The van der Waals surface area contributed by atoms with Crippen molar-refractivity contribution in [1.82, 2.24) is 30.1 Å². The zero-order chi connectivity index (χ0) is 36.1. The quantitative estimate of drug-likeness (QED) is 0.0665. The van der Waals surface area contributed by atoms with Gasteiger partial charge in [-0.05, 0) is 45.1 Å². The number of rotatable bonds is 18. The molecule has 8 N–H and O–H groups in total. The molecule has 0 fully saturated rings. The Kier molecular flexibility index (Phi) is 14.7. The third-order valence-electron chi connectivity index (χ3n) is 7.36. The number of hydrogen-bond donors (Lipinski definition) is 7. The summed E-state index contributed by atoms with van der Waals surface area (Å²) in [6.45, 7) is 4.50. The van der Waals surface area contributed by atoms with E-state index < -0.39 is 66.7 Å². The Hall–Kier alpha value is -4.79. The normalized spacial score (nSPS) is 12.8. The minimum Gasteiger partial charge on any atom is -0.480 e. The monoisotopic (exact) mass is 745 g/mol. The van der Waals surface area contributed by atoms with Crippen molar-refractivity contribution in [2.24, 2.45) is 11.7 Å². The minimum absolute atomic E-state index is 0.00325. The molecule has 2 aromatic carbocycles. The summed E-state index contributed by atoms with van der Waals surface area (Å²) in [6.07, 6.45) is 1.50. The van der Waals surface area contributed by atoms with Crippen molar-refractivity contribution in [2.75, 3.05) is 19.6 Å². The van der Waals surface area contributed by atoms with Gasteiger partial charge in [-0.3, -0.25) is 9.59 Å². The molecule has 0 saturated carbocycles. The number of nitrogens with one attached hydrogen (secondary N) is 5. The van der Waals surface area contributed by atoms with Crippen molar-refractivity contribution in [1.29, 1.82) is 0 Å². The number of aliphatic carboxylic acids is 1. The van der Waals surface area contributed by atoms with Crippen LogP contribution in [0.15, 0.2) is 53.3 Å². The van der Waals surface area contributed by atoms with Gasteiger partial charge < -0.3 is 21.5 Å². The van der Waals surface area contributed by atoms with Crippen molar-refractivity contribution in [3.05, 3.63) is 64.4 Å². The molecular weight excluding hydrogens is 701 g/mol. The molecule has 0 radical (unpaired) electrons. The third kappa shape index (κ3) is 11.7. The van der Waals surface area contributed by atoms with E-state index in [1.165, 1.54) is 6.92 Å². The number of carboxylic acids is 1. The van der Waals surface area contributed by atoms with Crippen LogP contribution >= 0.6 is 0 Å².